The van der Waals surface area contributed by atoms with Crippen LogP contribution in [0, 0.1) is 6.92 Å². The first-order valence-electron chi connectivity index (χ1n) is 10.5. The molecule has 0 aliphatic heterocycles. The van der Waals surface area contributed by atoms with Crippen LogP contribution in [0.3, 0.4) is 0 Å². The van der Waals surface area contributed by atoms with E-state index in [1.165, 1.54) is 5.56 Å². The van der Waals surface area contributed by atoms with E-state index in [0.717, 1.165) is 27.9 Å². The van der Waals surface area contributed by atoms with E-state index in [0.29, 0.717) is 19.6 Å². The van der Waals surface area contributed by atoms with Crippen LogP contribution < -0.4 is 5.56 Å². The van der Waals surface area contributed by atoms with E-state index in [4.69, 9.17) is 0 Å². The van der Waals surface area contributed by atoms with E-state index >= 15 is 0 Å². The van der Waals surface area contributed by atoms with Crippen molar-refractivity contribution in [3.05, 3.63) is 87.5 Å². The van der Waals surface area contributed by atoms with Crippen molar-refractivity contribution in [1.29, 1.82) is 0 Å². The zero-order valence-electron chi connectivity index (χ0n) is 18.5. The maximum Gasteiger partial charge on any atom is 0.252 e. The Hall–Kier alpha value is -3.32. The molecule has 7 nitrogen and oxygen atoms in total. The minimum absolute atomic E-state index is 0.0634. The molecular weight excluding hydrogens is 388 g/mol. The Kier molecular flexibility index (Phi) is 5.69. The van der Waals surface area contributed by atoms with Crippen molar-refractivity contribution in [3.63, 3.8) is 0 Å². The van der Waals surface area contributed by atoms with Crippen molar-refractivity contribution in [2.75, 3.05) is 0 Å². The second-order valence-corrected chi connectivity index (χ2v) is 9.02. The molecule has 0 bridgehead atoms. The van der Waals surface area contributed by atoms with Gasteiger partial charge in [0.05, 0.1) is 12.1 Å². The summed E-state index contributed by atoms with van der Waals surface area (Å²) in [4.78, 5) is 18.1. The highest BCUT2D eigenvalue weighted by molar-refractivity contribution is 5.79. The number of H-pyrrole nitrogens is 1. The van der Waals surface area contributed by atoms with Crippen LogP contribution in [0.15, 0.2) is 59.4 Å². The lowest BCUT2D eigenvalue weighted by atomic mass is 10.1. The minimum atomic E-state index is -0.227. The highest BCUT2D eigenvalue weighted by Gasteiger charge is 2.22. The van der Waals surface area contributed by atoms with E-state index in [2.05, 4.69) is 64.4 Å². The Morgan fingerprint density at radius 3 is 2.52 bits per heavy atom. The third-order valence-corrected chi connectivity index (χ3v) is 5.26. The molecule has 4 aromatic rings. The molecule has 1 N–H and O–H groups in total. The molecule has 0 aliphatic carbocycles. The van der Waals surface area contributed by atoms with Crippen LogP contribution in [0.25, 0.3) is 10.9 Å². The van der Waals surface area contributed by atoms with Crippen molar-refractivity contribution >= 4 is 10.9 Å². The molecule has 2 aromatic heterocycles. The van der Waals surface area contributed by atoms with E-state index in [-0.39, 0.29) is 11.1 Å². The van der Waals surface area contributed by atoms with Gasteiger partial charge < -0.3 is 4.98 Å². The van der Waals surface area contributed by atoms with Crippen molar-refractivity contribution in [3.8, 4) is 0 Å². The number of nitrogens with one attached hydrogen (secondary N) is 1. The average molecular weight is 417 g/mol. The smallest absolute Gasteiger partial charge is 0.252 e. The number of fused-ring (bicyclic) bond motifs is 1. The summed E-state index contributed by atoms with van der Waals surface area (Å²) in [6.07, 6.45) is 0. The molecule has 31 heavy (non-hydrogen) atoms. The molecule has 0 fully saturated rings. The fourth-order valence-corrected chi connectivity index (χ4v) is 3.75. The third kappa shape index (κ3) is 4.88. The fraction of sp³-hybridized carbons (Fsp3) is 0.333. The van der Waals surface area contributed by atoms with Gasteiger partial charge in [-0.25, -0.2) is 4.68 Å². The predicted octanol–water partition coefficient (Wildman–Crippen LogP) is 3.78. The number of aryl methyl sites for hydroxylation is 1. The summed E-state index contributed by atoms with van der Waals surface area (Å²) in [7, 11) is 0. The lowest BCUT2D eigenvalue weighted by Crippen LogP contribution is -2.31. The van der Waals surface area contributed by atoms with E-state index in [9.17, 15) is 4.79 Å². The first-order valence-corrected chi connectivity index (χ1v) is 10.5. The molecule has 0 saturated carbocycles. The number of rotatable bonds is 6. The molecular formula is C24H28N6O. The van der Waals surface area contributed by atoms with Crippen LogP contribution in [0.2, 0.25) is 0 Å². The van der Waals surface area contributed by atoms with Gasteiger partial charge in [-0.15, -0.1) is 5.10 Å². The van der Waals surface area contributed by atoms with Gasteiger partial charge in [0.2, 0.25) is 0 Å². The molecule has 0 radical (unpaired) electrons. The first kappa shape index (κ1) is 20.9. The van der Waals surface area contributed by atoms with Crippen LogP contribution >= 0.6 is 0 Å². The zero-order chi connectivity index (χ0) is 22.0. The Balaban J connectivity index is 1.67. The molecule has 0 spiro atoms. The molecule has 0 unspecified atom stereocenters. The lowest BCUT2D eigenvalue weighted by molar-refractivity contribution is 0.223. The van der Waals surface area contributed by atoms with Gasteiger partial charge in [0.15, 0.2) is 5.82 Å². The van der Waals surface area contributed by atoms with Gasteiger partial charge in [-0.2, -0.15) is 0 Å². The van der Waals surface area contributed by atoms with E-state index < -0.39 is 0 Å². The molecule has 0 atom stereocenters. The predicted molar refractivity (Wildman–Crippen MR) is 122 cm³/mol. The number of benzene rings is 2. The van der Waals surface area contributed by atoms with Gasteiger partial charge in [0.25, 0.3) is 5.56 Å². The second-order valence-electron chi connectivity index (χ2n) is 9.02. The van der Waals surface area contributed by atoms with E-state index in [1.807, 2.05) is 48.0 Å². The number of tetrazole rings is 1. The van der Waals surface area contributed by atoms with Crippen LogP contribution in [0.4, 0.5) is 0 Å². The number of aromatic amines is 1. The summed E-state index contributed by atoms with van der Waals surface area (Å²) in [5, 5.41) is 13.4. The molecule has 2 aromatic carbocycles. The highest BCUT2D eigenvalue weighted by atomic mass is 16.1. The molecule has 4 rings (SSSR count). The summed E-state index contributed by atoms with van der Waals surface area (Å²) in [5.74, 6) is 0.774. The standard InChI is InChI=1S/C24H28N6O/c1-17-10-11-19-13-20(23(31)25-21(19)12-17)15-29(14-18-8-6-5-7-9-18)16-22-26-27-28-30(22)24(2,3)4/h5-13H,14-16H2,1-4H3,(H,25,31). The van der Waals surface area contributed by atoms with Gasteiger partial charge in [-0.3, -0.25) is 9.69 Å². The van der Waals surface area contributed by atoms with Gasteiger partial charge in [0.1, 0.15) is 0 Å². The number of hydrogen-bond acceptors (Lipinski definition) is 5. The number of pyridine rings is 1. The number of nitrogens with zero attached hydrogens (tertiary/aromatic N) is 5. The van der Waals surface area contributed by atoms with Crippen LogP contribution in [-0.4, -0.2) is 30.1 Å². The molecule has 0 saturated heterocycles. The summed E-state index contributed by atoms with van der Waals surface area (Å²) in [6, 6.07) is 18.3. The minimum Gasteiger partial charge on any atom is -0.322 e. The third-order valence-electron chi connectivity index (χ3n) is 5.26. The first-order chi connectivity index (χ1) is 14.8. The van der Waals surface area contributed by atoms with Gasteiger partial charge in [0, 0.05) is 24.2 Å². The molecule has 160 valence electrons. The summed E-state index contributed by atoms with van der Waals surface area (Å²) in [5.41, 5.74) is 3.59. The van der Waals surface area contributed by atoms with Crippen molar-refractivity contribution in [2.24, 2.45) is 0 Å². The maximum atomic E-state index is 12.8. The Labute approximate surface area is 181 Å². The quantitative estimate of drug-likeness (QED) is 0.517. The van der Waals surface area contributed by atoms with Crippen LogP contribution in [0.5, 0.6) is 0 Å². The zero-order valence-corrected chi connectivity index (χ0v) is 18.5. The summed E-state index contributed by atoms with van der Waals surface area (Å²) in [6.45, 7) is 9.95. The molecule has 2 heterocycles. The molecule has 0 aliphatic rings. The molecule has 0 amide bonds. The Morgan fingerprint density at radius 1 is 1.00 bits per heavy atom. The van der Waals surface area contributed by atoms with Crippen molar-refractivity contribution < 1.29 is 0 Å². The Morgan fingerprint density at radius 2 is 1.77 bits per heavy atom. The van der Waals surface area contributed by atoms with Crippen LogP contribution in [-0.2, 0) is 25.2 Å². The number of aromatic nitrogens is 5. The number of hydrogen-bond donors (Lipinski definition) is 1. The largest absolute Gasteiger partial charge is 0.322 e. The highest BCUT2D eigenvalue weighted by Crippen LogP contribution is 2.18. The summed E-state index contributed by atoms with van der Waals surface area (Å²) < 4.78 is 1.85. The van der Waals surface area contributed by atoms with Gasteiger partial charge >= 0.3 is 0 Å². The molecule has 7 heteroatoms. The monoisotopic (exact) mass is 416 g/mol. The van der Waals surface area contributed by atoms with Crippen molar-refractivity contribution in [1.82, 2.24) is 30.1 Å². The Bertz CT molecular complexity index is 1240. The van der Waals surface area contributed by atoms with Gasteiger partial charge in [-0.1, -0.05) is 42.5 Å². The average Bonchev–Trinajstić information content (AvgIpc) is 3.18. The van der Waals surface area contributed by atoms with E-state index in [1.54, 1.807) is 0 Å². The van der Waals surface area contributed by atoms with Gasteiger partial charge in [-0.05, 0) is 66.8 Å². The van der Waals surface area contributed by atoms with Crippen LogP contribution in [0.1, 0.15) is 43.3 Å². The SMILES string of the molecule is Cc1ccc2cc(CN(Cc3ccccc3)Cc3nnnn3C(C)(C)C)c(=O)[nH]c2c1. The summed E-state index contributed by atoms with van der Waals surface area (Å²) >= 11 is 0. The lowest BCUT2D eigenvalue weighted by Gasteiger charge is -2.25. The maximum absolute atomic E-state index is 12.8. The topological polar surface area (TPSA) is 79.7 Å². The van der Waals surface area contributed by atoms with Crippen molar-refractivity contribution in [2.45, 2.75) is 52.9 Å². The normalized spacial score (nSPS) is 12.0. The fourth-order valence-electron chi connectivity index (χ4n) is 3.75. The second kappa shape index (κ2) is 8.43.